The molecule has 0 aliphatic carbocycles. The zero-order valence-corrected chi connectivity index (χ0v) is 15.7. The van der Waals surface area contributed by atoms with Gasteiger partial charge in [0.05, 0.1) is 6.10 Å². The Labute approximate surface area is 148 Å². The fourth-order valence-electron chi connectivity index (χ4n) is 3.23. The minimum absolute atomic E-state index is 0.167. The fourth-order valence-corrected chi connectivity index (χ4v) is 3.23. The minimum Gasteiger partial charge on any atom is -0.372 e. The number of hydrogen-bond donors (Lipinski definition) is 1. The standard InChI is InChI=1S/C21H36N2O/c1-19(2)12-17-24-21(20-10-5-3-6-11-20)18-22-13-9-16-23-14-7-4-8-15-23/h3,5-6,10-11,19,21-22H,4,7-9,12-18H2,1-2H3. The molecule has 24 heavy (non-hydrogen) atoms. The number of ether oxygens (including phenoxy) is 1. The number of benzene rings is 1. The highest BCUT2D eigenvalue weighted by atomic mass is 16.5. The van der Waals surface area contributed by atoms with Gasteiger partial charge < -0.3 is 15.0 Å². The number of nitrogens with one attached hydrogen (secondary N) is 1. The molecule has 1 atom stereocenters. The van der Waals surface area contributed by atoms with Gasteiger partial charge in [0.1, 0.15) is 0 Å². The normalized spacial score (nSPS) is 17.3. The molecule has 0 spiro atoms. The summed E-state index contributed by atoms with van der Waals surface area (Å²) in [5.74, 6) is 0.693. The van der Waals surface area contributed by atoms with Crippen LogP contribution >= 0.6 is 0 Å². The van der Waals surface area contributed by atoms with Crippen molar-refractivity contribution < 1.29 is 4.74 Å². The quantitative estimate of drug-likeness (QED) is 0.613. The lowest BCUT2D eigenvalue weighted by Crippen LogP contribution is -2.33. The van der Waals surface area contributed by atoms with E-state index < -0.39 is 0 Å². The molecule has 0 bridgehead atoms. The SMILES string of the molecule is CC(C)CCOC(CNCCCN1CCCCC1)c1ccccc1. The summed E-state index contributed by atoms with van der Waals surface area (Å²) in [6.45, 7) is 11.1. The van der Waals surface area contributed by atoms with Crippen LogP contribution in [0.5, 0.6) is 0 Å². The second kappa shape index (κ2) is 11.6. The Morgan fingerprint density at radius 1 is 1.08 bits per heavy atom. The van der Waals surface area contributed by atoms with Crippen molar-refractivity contribution in [1.29, 1.82) is 0 Å². The van der Waals surface area contributed by atoms with Crippen molar-refractivity contribution in [2.45, 2.75) is 52.1 Å². The van der Waals surface area contributed by atoms with E-state index in [1.54, 1.807) is 0 Å². The molecule has 1 aliphatic heterocycles. The number of hydrogen-bond acceptors (Lipinski definition) is 3. The summed E-state index contributed by atoms with van der Waals surface area (Å²) in [7, 11) is 0. The summed E-state index contributed by atoms with van der Waals surface area (Å²) in [5, 5.41) is 3.61. The largest absolute Gasteiger partial charge is 0.372 e. The predicted molar refractivity (Wildman–Crippen MR) is 102 cm³/mol. The topological polar surface area (TPSA) is 24.5 Å². The highest BCUT2D eigenvalue weighted by Gasteiger charge is 2.12. The zero-order chi connectivity index (χ0) is 17.0. The molecule has 3 nitrogen and oxygen atoms in total. The van der Waals surface area contributed by atoms with Gasteiger partial charge in [-0.1, -0.05) is 50.6 Å². The van der Waals surface area contributed by atoms with E-state index in [1.807, 2.05) is 0 Å². The molecule has 0 aromatic heterocycles. The molecule has 2 rings (SSSR count). The van der Waals surface area contributed by atoms with Gasteiger partial charge in [-0.2, -0.15) is 0 Å². The van der Waals surface area contributed by atoms with Crippen LogP contribution in [-0.4, -0.2) is 44.2 Å². The maximum atomic E-state index is 6.16. The predicted octanol–water partition coefficient (Wildman–Crippen LogP) is 4.26. The molecule has 1 unspecified atom stereocenters. The van der Waals surface area contributed by atoms with E-state index >= 15 is 0 Å². The van der Waals surface area contributed by atoms with Crippen LogP contribution in [0.25, 0.3) is 0 Å². The van der Waals surface area contributed by atoms with Crippen molar-refractivity contribution in [3.05, 3.63) is 35.9 Å². The minimum atomic E-state index is 0.167. The van der Waals surface area contributed by atoms with Crippen LogP contribution < -0.4 is 5.32 Å². The molecule has 0 saturated carbocycles. The van der Waals surface area contributed by atoms with Gasteiger partial charge in [0, 0.05) is 13.2 Å². The molecule has 0 amide bonds. The first-order valence-corrected chi connectivity index (χ1v) is 9.85. The fraction of sp³-hybridized carbons (Fsp3) is 0.714. The van der Waals surface area contributed by atoms with E-state index in [0.717, 1.165) is 26.1 Å². The molecular formula is C21H36N2O. The number of piperidine rings is 1. The maximum absolute atomic E-state index is 6.16. The Hall–Kier alpha value is -0.900. The van der Waals surface area contributed by atoms with Crippen molar-refractivity contribution in [2.75, 3.05) is 39.3 Å². The van der Waals surface area contributed by atoms with Gasteiger partial charge in [-0.25, -0.2) is 0 Å². The summed E-state index contributed by atoms with van der Waals surface area (Å²) < 4.78 is 6.16. The van der Waals surface area contributed by atoms with Crippen molar-refractivity contribution in [3.63, 3.8) is 0 Å². The van der Waals surface area contributed by atoms with Gasteiger partial charge >= 0.3 is 0 Å². The van der Waals surface area contributed by atoms with Crippen LogP contribution in [0.1, 0.15) is 57.6 Å². The second-order valence-electron chi connectivity index (χ2n) is 7.41. The summed E-state index contributed by atoms with van der Waals surface area (Å²) in [5.41, 5.74) is 1.28. The lowest BCUT2D eigenvalue weighted by molar-refractivity contribution is 0.0457. The van der Waals surface area contributed by atoms with Crippen LogP contribution in [0, 0.1) is 5.92 Å². The summed E-state index contributed by atoms with van der Waals surface area (Å²) in [6.07, 6.45) is 6.70. The third-order valence-corrected chi connectivity index (χ3v) is 4.79. The van der Waals surface area contributed by atoms with Crippen LogP contribution in [0.15, 0.2) is 30.3 Å². The number of rotatable bonds is 11. The molecule has 1 aromatic rings. The first-order chi connectivity index (χ1) is 11.8. The monoisotopic (exact) mass is 332 g/mol. The Balaban J connectivity index is 1.67. The van der Waals surface area contributed by atoms with Crippen molar-refractivity contribution >= 4 is 0 Å². The number of nitrogens with zero attached hydrogens (tertiary/aromatic N) is 1. The van der Waals surface area contributed by atoms with E-state index in [-0.39, 0.29) is 6.10 Å². The molecule has 136 valence electrons. The third-order valence-electron chi connectivity index (χ3n) is 4.79. The summed E-state index contributed by atoms with van der Waals surface area (Å²) in [4.78, 5) is 2.61. The van der Waals surface area contributed by atoms with Gasteiger partial charge in [0.15, 0.2) is 0 Å². The van der Waals surface area contributed by atoms with Crippen LogP contribution in [0.3, 0.4) is 0 Å². The van der Waals surface area contributed by atoms with Gasteiger partial charge in [-0.3, -0.25) is 0 Å². The molecule has 1 heterocycles. The lowest BCUT2D eigenvalue weighted by atomic mass is 10.1. The van der Waals surface area contributed by atoms with Crippen molar-refractivity contribution in [1.82, 2.24) is 10.2 Å². The summed E-state index contributed by atoms with van der Waals surface area (Å²) >= 11 is 0. The van der Waals surface area contributed by atoms with Crippen molar-refractivity contribution in [3.8, 4) is 0 Å². The first-order valence-electron chi connectivity index (χ1n) is 9.85. The lowest BCUT2D eigenvalue weighted by Gasteiger charge is -2.26. The van der Waals surface area contributed by atoms with Crippen molar-refractivity contribution in [2.24, 2.45) is 5.92 Å². The molecule has 1 aromatic carbocycles. The average molecular weight is 333 g/mol. The maximum Gasteiger partial charge on any atom is 0.0949 e. The van der Waals surface area contributed by atoms with Gasteiger partial charge in [-0.05, 0) is 63.3 Å². The van der Waals surface area contributed by atoms with Crippen LogP contribution in [0.4, 0.5) is 0 Å². The van der Waals surface area contributed by atoms with Gasteiger partial charge in [0.2, 0.25) is 0 Å². The third kappa shape index (κ3) is 7.78. The Morgan fingerprint density at radius 3 is 2.54 bits per heavy atom. The van der Waals surface area contributed by atoms with Crippen LogP contribution in [-0.2, 0) is 4.74 Å². The molecule has 1 aliphatic rings. The van der Waals surface area contributed by atoms with Crippen LogP contribution in [0.2, 0.25) is 0 Å². The second-order valence-corrected chi connectivity index (χ2v) is 7.41. The highest BCUT2D eigenvalue weighted by Crippen LogP contribution is 2.17. The number of likely N-dealkylation sites (tertiary alicyclic amines) is 1. The molecule has 1 saturated heterocycles. The molecule has 1 fully saturated rings. The van der Waals surface area contributed by atoms with E-state index in [0.29, 0.717) is 5.92 Å². The van der Waals surface area contributed by atoms with E-state index in [4.69, 9.17) is 4.74 Å². The molecule has 0 radical (unpaired) electrons. The first kappa shape index (κ1) is 19.4. The molecular weight excluding hydrogens is 296 g/mol. The Bertz CT molecular complexity index is 415. The Kier molecular flexibility index (Phi) is 9.40. The van der Waals surface area contributed by atoms with Gasteiger partial charge in [0.25, 0.3) is 0 Å². The van der Waals surface area contributed by atoms with E-state index in [2.05, 4.69) is 54.4 Å². The average Bonchev–Trinajstić information content (AvgIpc) is 2.61. The highest BCUT2D eigenvalue weighted by molar-refractivity contribution is 5.17. The smallest absolute Gasteiger partial charge is 0.0949 e. The summed E-state index contributed by atoms with van der Waals surface area (Å²) in [6, 6.07) is 10.6. The van der Waals surface area contributed by atoms with E-state index in [9.17, 15) is 0 Å². The Morgan fingerprint density at radius 2 is 1.83 bits per heavy atom. The zero-order valence-electron chi connectivity index (χ0n) is 15.7. The van der Waals surface area contributed by atoms with Gasteiger partial charge in [-0.15, -0.1) is 0 Å². The van der Waals surface area contributed by atoms with E-state index in [1.165, 1.54) is 50.9 Å². The molecule has 1 N–H and O–H groups in total. The molecule has 3 heteroatoms.